The van der Waals surface area contributed by atoms with Crippen molar-refractivity contribution in [3.8, 4) is 0 Å². The van der Waals surface area contributed by atoms with Gasteiger partial charge in [-0.3, -0.25) is 4.90 Å². The maximum absolute atomic E-state index is 3.87. The molecule has 1 nitrogen and oxygen atoms in total. The molecule has 1 saturated heterocycles. The molecule has 1 fully saturated rings. The first kappa shape index (κ1) is 10.4. The summed E-state index contributed by atoms with van der Waals surface area (Å²) in [5.74, 6) is 0.747. The Morgan fingerprint density at radius 3 is 2.47 bits per heavy atom. The lowest BCUT2D eigenvalue weighted by Crippen LogP contribution is -2.32. The Labute approximate surface area is 92.4 Å². The molecule has 0 atom stereocenters. The number of hydrogen-bond donors (Lipinski definition) is 0. The number of benzene rings is 1. The van der Waals surface area contributed by atoms with Crippen molar-refractivity contribution in [2.24, 2.45) is 5.92 Å². The third-order valence-corrected chi connectivity index (χ3v) is 3.21. The fraction of sp³-hybridized carbons (Fsp3) is 0.429. The third-order valence-electron chi connectivity index (χ3n) is 3.21. The predicted molar refractivity (Wildman–Crippen MR) is 64.6 cm³/mol. The van der Waals surface area contributed by atoms with Crippen LogP contribution in [-0.2, 0) is 6.54 Å². The first-order valence-electron chi connectivity index (χ1n) is 5.77. The fourth-order valence-corrected chi connectivity index (χ4v) is 2.19. The molecule has 2 rings (SSSR count). The van der Waals surface area contributed by atoms with Crippen LogP contribution in [0.4, 0.5) is 0 Å². The van der Waals surface area contributed by atoms with Crippen LogP contribution < -0.4 is 0 Å². The third kappa shape index (κ3) is 2.93. The van der Waals surface area contributed by atoms with E-state index in [1.807, 2.05) is 0 Å². The molecule has 0 radical (unpaired) electrons. The van der Waals surface area contributed by atoms with Gasteiger partial charge in [-0.05, 0) is 37.4 Å². The van der Waals surface area contributed by atoms with Crippen molar-refractivity contribution in [3.05, 3.63) is 48.6 Å². The number of allylic oxidation sites excluding steroid dienone is 1. The topological polar surface area (TPSA) is 3.24 Å². The number of piperidine rings is 1. The van der Waals surface area contributed by atoms with Crippen molar-refractivity contribution in [2.45, 2.75) is 19.4 Å². The largest absolute Gasteiger partial charge is 0.299 e. The van der Waals surface area contributed by atoms with E-state index in [0.29, 0.717) is 0 Å². The van der Waals surface area contributed by atoms with Crippen molar-refractivity contribution < 1.29 is 0 Å². The maximum Gasteiger partial charge on any atom is 0.0233 e. The molecule has 1 aliphatic heterocycles. The number of rotatable bonds is 3. The van der Waals surface area contributed by atoms with E-state index in [-0.39, 0.29) is 0 Å². The van der Waals surface area contributed by atoms with Crippen LogP contribution in [-0.4, -0.2) is 18.0 Å². The van der Waals surface area contributed by atoms with Gasteiger partial charge >= 0.3 is 0 Å². The average molecular weight is 201 g/mol. The standard InChI is InChI=1S/C14H19N/c1-2-13-8-10-15(11-9-13)12-14-6-4-3-5-7-14/h2-7,13H,1,8-12H2. The van der Waals surface area contributed by atoms with E-state index >= 15 is 0 Å². The zero-order valence-corrected chi connectivity index (χ0v) is 9.23. The summed E-state index contributed by atoms with van der Waals surface area (Å²) in [4.78, 5) is 2.54. The summed E-state index contributed by atoms with van der Waals surface area (Å²) in [7, 11) is 0. The molecular formula is C14H19N. The van der Waals surface area contributed by atoms with Crippen LogP contribution >= 0.6 is 0 Å². The van der Waals surface area contributed by atoms with Gasteiger partial charge in [0.15, 0.2) is 0 Å². The lowest BCUT2D eigenvalue weighted by molar-refractivity contribution is 0.196. The van der Waals surface area contributed by atoms with Crippen molar-refractivity contribution in [1.82, 2.24) is 4.90 Å². The Morgan fingerprint density at radius 2 is 1.87 bits per heavy atom. The molecule has 1 aromatic carbocycles. The molecule has 1 heterocycles. The highest BCUT2D eigenvalue weighted by Crippen LogP contribution is 2.19. The van der Waals surface area contributed by atoms with Crippen LogP contribution in [0.15, 0.2) is 43.0 Å². The van der Waals surface area contributed by atoms with E-state index in [2.05, 4.69) is 47.9 Å². The summed E-state index contributed by atoms with van der Waals surface area (Å²) >= 11 is 0. The molecular weight excluding hydrogens is 182 g/mol. The smallest absolute Gasteiger partial charge is 0.0233 e. The molecule has 0 aliphatic carbocycles. The Bertz CT molecular complexity index is 296. The molecule has 0 spiro atoms. The first-order valence-corrected chi connectivity index (χ1v) is 5.77. The Balaban J connectivity index is 1.85. The highest BCUT2D eigenvalue weighted by atomic mass is 15.1. The van der Waals surface area contributed by atoms with Crippen molar-refractivity contribution in [1.29, 1.82) is 0 Å². The van der Waals surface area contributed by atoms with Gasteiger partial charge in [0.1, 0.15) is 0 Å². The fourth-order valence-electron chi connectivity index (χ4n) is 2.19. The highest BCUT2D eigenvalue weighted by molar-refractivity contribution is 5.14. The van der Waals surface area contributed by atoms with Gasteiger partial charge in [0.05, 0.1) is 0 Å². The minimum Gasteiger partial charge on any atom is -0.299 e. The molecule has 15 heavy (non-hydrogen) atoms. The SMILES string of the molecule is C=CC1CCN(Cc2ccccc2)CC1. The Hall–Kier alpha value is -1.08. The second kappa shape index (κ2) is 5.13. The van der Waals surface area contributed by atoms with Gasteiger partial charge < -0.3 is 0 Å². The summed E-state index contributed by atoms with van der Waals surface area (Å²) in [6, 6.07) is 10.7. The predicted octanol–water partition coefficient (Wildman–Crippen LogP) is 3.08. The van der Waals surface area contributed by atoms with Gasteiger partial charge in [-0.1, -0.05) is 36.4 Å². The van der Waals surface area contributed by atoms with Crippen molar-refractivity contribution >= 4 is 0 Å². The Morgan fingerprint density at radius 1 is 1.20 bits per heavy atom. The molecule has 1 heteroatoms. The summed E-state index contributed by atoms with van der Waals surface area (Å²) in [5.41, 5.74) is 1.43. The number of nitrogens with zero attached hydrogens (tertiary/aromatic N) is 1. The highest BCUT2D eigenvalue weighted by Gasteiger charge is 2.16. The molecule has 0 bridgehead atoms. The molecule has 1 aliphatic rings. The van der Waals surface area contributed by atoms with Crippen LogP contribution in [0.5, 0.6) is 0 Å². The number of hydrogen-bond acceptors (Lipinski definition) is 1. The van der Waals surface area contributed by atoms with Crippen molar-refractivity contribution in [2.75, 3.05) is 13.1 Å². The molecule has 0 aromatic heterocycles. The molecule has 80 valence electrons. The second-order valence-electron chi connectivity index (χ2n) is 4.33. The quantitative estimate of drug-likeness (QED) is 0.679. The first-order chi connectivity index (χ1) is 7.38. The lowest BCUT2D eigenvalue weighted by Gasteiger charge is -2.30. The molecule has 1 aromatic rings. The maximum atomic E-state index is 3.87. The van der Waals surface area contributed by atoms with Gasteiger partial charge in [0.2, 0.25) is 0 Å². The number of likely N-dealkylation sites (tertiary alicyclic amines) is 1. The monoisotopic (exact) mass is 201 g/mol. The molecule has 0 saturated carbocycles. The normalized spacial score (nSPS) is 18.9. The average Bonchev–Trinajstić information content (AvgIpc) is 2.31. The van der Waals surface area contributed by atoms with E-state index in [4.69, 9.17) is 0 Å². The van der Waals surface area contributed by atoms with Gasteiger partial charge in [-0.25, -0.2) is 0 Å². The van der Waals surface area contributed by atoms with Crippen LogP contribution in [0.2, 0.25) is 0 Å². The zero-order valence-electron chi connectivity index (χ0n) is 9.23. The van der Waals surface area contributed by atoms with E-state index < -0.39 is 0 Å². The van der Waals surface area contributed by atoms with E-state index in [1.165, 1.54) is 31.5 Å². The zero-order chi connectivity index (χ0) is 10.5. The van der Waals surface area contributed by atoms with Gasteiger partial charge in [0.25, 0.3) is 0 Å². The summed E-state index contributed by atoms with van der Waals surface area (Å²) in [6.45, 7) is 7.40. The lowest BCUT2D eigenvalue weighted by atomic mass is 9.97. The van der Waals surface area contributed by atoms with Crippen molar-refractivity contribution in [3.63, 3.8) is 0 Å². The molecule has 0 amide bonds. The van der Waals surface area contributed by atoms with E-state index in [0.717, 1.165) is 12.5 Å². The minimum atomic E-state index is 0.747. The van der Waals surface area contributed by atoms with Crippen LogP contribution in [0.3, 0.4) is 0 Å². The summed E-state index contributed by atoms with van der Waals surface area (Å²) in [6.07, 6.45) is 4.66. The molecule has 0 unspecified atom stereocenters. The van der Waals surface area contributed by atoms with Crippen LogP contribution in [0, 0.1) is 5.92 Å². The minimum absolute atomic E-state index is 0.747. The van der Waals surface area contributed by atoms with Gasteiger partial charge in [-0.15, -0.1) is 6.58 Å². The van der Waals surface area contributed by atoms with Crippen LogP contribution in [0.25, 0.3) is 0 Å². The molecule has 0 N–H and O–H groups in total. The summed E-state index contributed by atoms with van der Waals surface area (Å²) in [5, 5.41) is 0. The Kier molecular flexibility index (Phi) is 3.57. The second-order valence-corrected chi connectivity index (χ2v) is 4.33. The van der Waals surface area contributed by atoms with Gasteiger partial charge in [-0.2, -0.15) is 0 Å². The van der Waals surface area contributed by atoms with E-state index in [9.17, 15) is 0 Å². The summed E-state index contributed by atoms with van der Waals surface area (Å²) < 4.78 is 0. The van der Waals surface area contributed by atoms with Gasteiger partial charge in [0, 0.05) is 6.54 Å². The van der Waals surface area contributed by atoms with E-state index in [1.54, 1.807) is 0 Å². The van der Waals surface area contributed by atoms with Crippen LogP contribution in [0.1, 0.15) is 18.4 Å².